The summed E-state index contributed by atoms with van der Waals surface area (Å²) in [5.41, 5.74) is 1.12. The van der Waals surface area contributed by atoms with Gasteiger partial charge < -0.3 is 14.9 Å². The molecule has 0 saturated heterocycles. The molecule has 16 heavy (non-hydrogen) atoms. The zero-order chi connectivity index (χ0) is 12.1. The Morgan fingerprint density at radius 1 is 1.31 bits per heavy atom. The van der Waals surface area contributed by atoms with Crippen molar-refractivity contribution in [3.63, 3.8) is 0 Å². The summed E-state index contributed by atoms with van der Waals surface area (Å²) in [6.45, 7) is 7.27. The molecule has 86 valence electrons. The van der Waals surface area contributed by atoms with Crippen LogP contribution >= 0.6 is 0 Å². The number of benzene rings is 1. The second kappa shape index (κ2) is 3.25. The van der Waals surface area contributed by atoms with Gasteiger partial charge >= 0.3 is 7.48 Å². The molecule has 0 fully saturated rings. The maximum Gasteiger partial charge on any atom is 0.310 e. The predicted octanol–water partition coefficient (Wildman–Crippen LogP) is 0.862. The Kier molecular flexibility index (Phi) is 2.33. The number of fused-ring (bicyclic) bond motifs is 1. The van der Waals surface area contributed by atoms with Crippen LogP contribution in [0.15, 0.2) is 12.1 Å². The van der Waals surface area contributed by atoms with Gasteiger partial charge in [-0.2, -0.15) is 0 Å². The lowest BCUT2D eigenvalue weighted by molar-refractivity contribution is 0.0782. The van der Waals surface area contributed by atoms with Crippen LogP contribution in [0.1, 0.15) is 38.8 Å². The Labute approximate surface area is 96.3 Å². The number of aromatic hydroxyl groups is 1. The largest absolute Gasteiger partial charge is 0.508 e. The lowest BCUT2D eigenvalue weighted by atomic mass is 9.80. The fourth-order valence-corrected chi connectivity index (χ4v) is 2.18. The van der Waals surface area contributed by atoms with Crippen LogP contribution in [0.5, 0.6) is 5.75 Å². The quantitative estimate of drug-likeness (QED) is 0.690. The molecule has 2 N–H and O–H groups in total. The Bertz CT molecular complexity index is 433. The molecule has 0 aliphatic carbocycles. The fraction of sp³-hybridized carbons (Fsp3) is 0.500. The average Bonchev–Trinajstić information content (AvgIpc) is 2.41. The number of hydrogen-bond acceptors (Lipinski definition) is 3. The van der Waals surface area contributed by atoms with Gasteiger partial charge in [0.1, 0.15) is 5.75 Å². The summed E-state index contributed by atoms with van der Waals surface area (Å²) in [6, 6.07) is 3.53. The summed E-state index contributed by atoms with van der Waals surface area (Å²) < 4.78 is 5.62. The first-order valence-corrected chi connectivity index (χ1v) is 5.45. The molecule has 1 aromatic carbocycles. The highest BCUT2D eigenvalue weighted by Gasteiger charge is 2.35. The Morgan fingerprint density at radius 2 is 1.94 bits per heavy atom. The Hall–Kier alpha value is -0.995. The highest BCUT2D eigenvalue weighted by Crippen LogP contribution is 2.36. The minimum atomic E-state index is -0.945. The maximum atomic E-state index is 10.0. The summed E-state index contributed by atoms with van der Waals surface area (Å²) in [5, 5.41) is 19.9. The number of aliphatic hydroxyl groups is 1. The van der Waals surface area contributed by atoms with E-state index in [4.69, 9.17) is 4.65 Å². The van der Waals surface area contributed by atoms with Crippen LogP contribution in [-0.2, 0) is 15.9 Å². The van der Waals surface area contributed by atoms with Gasteiger partial charge in [0.2, 0.25) is 0 Å². The van der Waals surface area contributed by atoms with Crippen LogP contribution in [0.2, 0.25) is 0 Å². The van der Waals surface area contributed by atoms with Crippen LogP contribution in [0.25, 0.3) is 0 Å². The van der Waals surface area contributed by atoms with E-state index in [1.807, 2.05) is 19.9 Å². The molecule has 2 rings (SSSR count). The molecular weight excluding hydrogens is 203 g/mol. The molecule has 3 nitrogen and oxygen atoms in total. The highest BCUT2D eigenvalue weighted by molar-refractivity contribution is 6.49. The van der Waals surface area contributed by atoms with E-state index in [-0.39, 0.29) is 5.75 Å². The molecule has 0 radical (unpaired) electrons. The molecular formula is C12H17BO3. The van der Waals surface area contributed by atoms with Crippen LogP contribution in [-0.4, -0.2) is 17.7 Å². The predicted molar refractivity (Wildman–Crippen MR) is 64.2 cm³/mol. The molecule has 0 saturated carbocycles. The van der Waals surface area contributed by atoms with Gasteiger partial charge in [-0.05, 0) is 44.8 Å². The number of rotatable bonds is 1. The average molecular weight is 220 g/mol. The monoisotopic (exact) mass is 220 g/mol. The van der Waals surface area contributed by atoms with Gasteiger partial charge in [0.05, 0.1) is 11.2 Å². The lowest BCUT2D eigenvalue weighted by Crippen LogP contribution is -2.22. The molecule has 0 aromatic heterocycles. The van der Waals surface area contributed by atoms with E-state index in [1.165, 1.54) is 0 Å². The van der Waals surface area contributed by atoms with Crippen molar-refractivity contribution in [2.45, 2.75) is 38.9 Å². The summed E-state index contributed by atoms with van der Waals surface area (Å²) >= 11 is 0. The first-order chi connectivity index (χ1) is 7.22. The van der Waals surface area contributed by atoms with E-state index >= 15 is 0 Å². The first-order valence-electron chi connectivity index (χ1n) is 5.45. The molecule has 4 heteroatoms. The van der Waals surface area contributed by atoms with Gasteiger partial charge in [-0.1, -0.05) is 6.07 Å². The van der Waals surface area contributed by atoms with E-state index in [0.717, 1.165) is 11.0 Å². The molecule has 1 heterocycles. The van der Waals surface area contributed by atoms with E-state index in [9.17, 15) is 10.2 Å². The summed E-state index contributed by atoms with van der Waals surface area (Å²) in [4.78, 5) is 0. The van der Waals surface area contributed by atoms with Crippen molar-refractivity contribution >= 4 is 12.9 Å². The minimum Gasteiger partial charge on any atom is -0.508 e. The summed E-state index contributed by atoms with van der Waals surface area (Å²) in [7, 11) is 0.486. The molecule has 0 unspecified atom stereocenters. The SMILES string of the molecule is CC(C)(O)c1cc(O)c2c(c1)BOC2(C)C. The van der Waals surface area contributed by atoms with Crippen LogP contribution < -0.4 is 5.46 Å². The van der Waals surface area contributed by atoms with E-state index < -0.39 is 11.2 Å². The second-order valence-corrected chi connectivity index (χ2v) is 5.39. The van der Waals surface area contributed by atoms with Crippen LogP contribution in [0, 0.1) is 0 Å². The van der Waals surface area contributed by atoms with Gasteiger partial charge in [-0.3, -0.25) is 0 Å². The van der Waals surface area contributed by atoms with E-state index in [1.54, 1.807) is 19.9 Å². The molecule has 1 aliphatic heterocycles. The first kappa shape index (κ1) is 11.5. The Balaban J connectivity index is 2.59. The van der Waals surface area contributed by atoms with Gasteiger partial charge in [0.25, 0.3) is 0 Å². The van der Waals surface area contributed by atoms with Crippen LogP contribution in [0.4, 0.5) is 0 Å². The van der Waals surface area contributed by atoms with Gasteiger partial charge in [0, 0.05) is 5.56 Å². The number of phenolic OH excluding ortho intramolecular Hbond substituents is 1. The van der Waals surface area contributed by atoms with Crippen molar-refractivity contribution in [3.8, 4) is 5.75 Å². The zero-order valence-corrected chi connectivity index (χ0v) is 10.2. The highest BCUT2D eigenvalue weighted by atomic mass is 16.5. The van der Waals surface area contributed by atoms with Crippen molar-refractivity contribution in [2.24, 2.45) is 0 Å². The maximum absolute atomic E-state index is 10.0. The van der Waals surface area contributed by atoms with Crippen LogP contribution in [0.3, 0.4) is 0 Å². The molecule has 1 aromatic rings. The Morgan fingerprint density at radius 3 is 2.50 bits per heavy atom. The van der Waals surface area contributed by atoms with Gasteiger partial charge in [-0.25, -0.2) is 0 Å². The number of phenols is 1. The van der Waals surface area contributed by atoms with Crippen molar-refractivity contribution in [1.29, 1.82) is 0 Å². The lowest BCUT2D eigenvalue weighted by Gasteiger charge is -2.23. The summed E-state index contributed by atoms with van der Waals surface area (Å²) in [6.07, 6.45) is 0. The molecule has 0 bridgehead atoms. The molecule has 0 atom stereocenters. The third-order valence-corrected chi connectivity index (χ3v) is 3.10. The fourth-order valence-electron chi connectivity index (χ4n) is 2.18. The number of hydrogen-bond donors (Lipinski definition) is 2. The third-order valence-electron chi connectivity index (χ3n) is 3.10. The van der Waals surface area contributed by atoms with Crippen molar-refractivity contribution in [3.05, 3.63) is 23.3 Å². The smallest absolute Gasteiger partial charge is 0.310 e. The van der Waals surface area contributed by atoms with E-state index in [2.05, 4.69) is 0 Å². The molecule has 0 spiro atoms. The minimum absolute atomic E-state index is 0.206. The van der Waals surface area contributed by atoms with E-state index in [0.29, 0.717) is 13.0 Å². The topological polar surface area (TPSA) is 49.7 Å². The second-order valence-electron chi connectivity index (χ2n) is 5.39. The van der Waals surface area contributed by atoms with Gasteiger partial charge in [0.15, 0.2) is 0 Å². The normalized spacial score (nSPS) is 18.1. The third kappa shape index (κ3) is 1.72. The molecule has 1 aliphatic rings. The van der Waals surface area contributed by atoms with Crippen molar-refractivity contribution in [1.82, 2.24) is 0 Å². The molecule has 0 amide bonds. The standard InChI is InChI=1S/C12H17BO3/c1-11(2,15)7-5-8-10(9(14)6-7)12(3,4)16-13-8/h5-6,13-15H,1-4H3. The van der Waals surface area contributed by atoms with Crippen molar-refractivity contribution < 1.29 is 14.9 Å². The zero-order valence-electron chi connectivity index (χ0n) is 10.2. The van der Waals surface area contributed by atoms with Crippen molar-refractivity contribution in [2.75, 3.05) is 0 Å². The van der Waals surface area contributed by atoms with Gasteiger partial charge in [-0.15, -0.1) is 0 Å². The summed E-state index contributed by atoms with van der Waals surface area (Å²) in [5.74, 6) is 0.206.